The molecule has 0 bridgehead atoms. The van der Waals surface area contributed by atoms with E-state index in [1.807, 2.05) is 4.93 Å². The lowest BCUT2D eigenvalue weighted by atomic mass is 10.1. The molecule has 0 fully saturated rings. The van der Waals surface area contributed by atoms with Crippen molar-refractivity contribution in [3.05, 3.63) is 35.5 Å². The summed E-state index contributed by atoms with van der Waals surface area (Å²) >= 11 is 2.15. The van der Waals surface area contributed by atoms with Crippen LogP contribution in [0.15, 0.2) is 24.3 Å². The number of aromatic amines is 1. The Kier molecular flexibility index (Phi) is 3.31. The van der Waals surface area contributed by atoms with Gasteiger partial charge in [-0.15, -0.1) is 0 Å². The van der Waals surface area contributed by atoms with E-state index < -0.39 is 0 Å². The van der Waals surface area contributed by atoms with Crippen molar-refractivity contribution >= 4 is 33.5 Å². The van der Waals surface area contributed by atoms with Crippen LogP contribution in [0.5, 0.6) is 0 Å². The molecule has 0 atom stereocenters. The number of fused-ring (bicyclic) bond motifs is 3. The highest BCUT2D eigenvalue weighted by Gasteiger charge is 2.19. The minimum absolute atomic E-state index is 1.06. The minimum Gasteiger partial charge on any atom is -0.357 e. The molecule has 0 radical (unpaired) electrons. The molecule has 80 valence electrons. The lowest BCUT2D eigenvalue weighted by molar-refractivity contribution is 0.351. The van der Waals surface area contributed by atoms with Gasteiger partial charge in [0.05, 0.1) is 0 Å². The molecule has 0 spiro atoms. The Morgan fingerprint density at radius 3 is 2.73 bits per heavy atom. The van der Waals surface area contributed by atoms with E-state index in [1.54, 1.807) is 0 Å². The third-order valence-electron chi connectivity index (χ3n) is 2.76. The summed E-state index contributed by atoms with van der Waals surface area (Å²) in [5, 5.41) is 1.39. The van der Waals surface area contributed by atoms with Crippen LogP contribution in [0.1, 0.15) is 11.3 Å². The van der Waals surface area contributed by atoms with Crippen molar-refractivity contribution in [1.29, 1.82) is 0 Å². The Hall–Kier alpha value is -0.550. The van der Waals surface area contributed by atoms with Gasteiger partial charge in [-0.25, -0.2) is 0 Å². The van der Waals surface area contributed by atoms with E-state index in [9.17, 15) is 0 Å². The van der Waals surface area contributed by atoms with Gasteiger partial charge in [0.1, 0.15) is 0 Å². The van der Waals surface area contributed by atoms with Gasteiger partial charge in [-0.1, -0.05) is 40.8 Å². The summed E-state index contributed by atoms with van der Waals surface area (Å²) in [4.78, 5) is 7.76. The second-order valence-electron chi connectivity index (χ2n) is 3.80. The number of aromatic nitrogens is 1. The molecule has 1 aromatic carbocycles. The fraction of sp³-hybridized carbons (Fsp3) is 0.333. The van der Waals surface area contributed by atoms with Gasteiger partial charge < -0.3 is 4.98 Å². The molecular formula is C12H15IN2. The fourth-order valence-corrected chi connectivity index (χ4v) is 2.17. The number of alkyl halides is 1. The number of para-hydroxylation sites is 1. The van der Waals surface area contributed by atoms with Crippen molar-refractivity contribution in [3.63, 3.8) is 0 Å². The van der Waals surface area contributed by atoms with Crippen LogP contribution in [0.2, 0.25) is 0 Å². The van der Waals surface area contributed by atoms with Crippen molar-refractivity contribution in [2.45, 2.75) is 13.1 Å². The maximum atomic E-state index is 3.46. The van der Waals surface area contributed by atoms with E-state index in [1.165, 1.54) is 22.2 Å². The van der Waals surface area contributed by atoms with Gasteiger partial charge in [0.25, 0.3) is 0 Å². The van der Waals surface area contributed by atoms with Crippen LogP contribution in [0.25, 0.3) is 10.9 Å². The molecule has 1 N–H and O–H groups in total. The number of rotatable bonds is 0. The number of hydrogen-bond acceptors (Lipinski definition) is 1. The topological polar surface area (TPSA) is 19.0 Å². The normalized spacial score (nSPS) is 14.9. The highest BCUT2D eigenvalue weighted by Crippen LogP contribution is 2.28. The highest BCUT2D eigenvalue weighted by molar-refractivity contribution is 14.1. The lowest BCUT2D eigenvalue weighted by Crippen LogP contribution is -2.08. The molecule has 3 rings (SSSR count). The van der Waals surface area contributed by atoms with Crippen LogP contribution in [-0.2, 0) is 13.1 Å². The van der Waals surface area contributed by atoms with Crippen molar-refractivity contribution in [2.24, 2.45) is 0 Å². The van der Waals surface area contributed by atoms with Crippen molar-refractivity contribution < 1.29 is 0 Å². The number of nitrogens with zero attached hydrogens (tertiary/aromatic N) is 1. The van der Waals surface area contributed by atoms with Crippen molar-refractivity contribution in [1.82, 2.24) is 9.88 Å². The van der Waals surface area contributed by atoms with Crippen LogP contribution in [-0.4, -0.2) is 21.9 Å². The quantitative estimate of drug-likeness (QED) is 0.584. The van der Waals surface area contributed by atoms with Crippen LogP contribution >= 0.6 is 22.6 Å². The van der Waals surface area contributed by atoms with Gasteiger partial charge in [0.2, 0.25) is 0 Å². The van der Waals surface area contributed by atoms with E-state index in [4.69, 9.17) is 0 Å². The molecule has 1 aliphatic heterocycles. The molecule has 3 heteroatoms. The maximum Gasteiger partial charge on any atom is 0.0459 e. The fourth-order valence-electron chi connectivity index (χ4n) is 2.17. The summed E-state index contributed by atoms with van der Waals surface area (Å²) in [6.07, 6.45) is 0. The smallest absolute Gasteiger partial charge is 0.0459 e. The average molecular weight is 314 g/mol. The van der Waals surface area contributed by atoms with Crippen LogP contribution in [0.3, 0.4) is 0 Å². The van der Waals surface area contributed by atoms with E-state index in [0.29, 0.717) is 0 Å². The van der Waals surface area contributed by atoms with Crippen molar-refractivity contribution in [2.75, 3.05) is 12.0 Å². The molecule has 2 nitrogen and oxygen atoms in total. The summed E-state index contributed by atoms with van der Waals surface area (Å²) < 4.78 is 0. The summed E-state index contributed by atoms with van der Waals surface area (Å²) in [7, 11) is 2.16. The first-order valence-corrected chi connectivity index (χ1v) is 7.15. The van der Waals surface area contributed by atoms with E-state index in [-0.39, 0.29) is 0 Å². The Balaban J connectivity index is 0.000000404. The monoisotopic (exact) mass is 314 g/mol. The van der Waals surface area contributed by atoms with Gasteiger partial charge >= 0.3 is 0 Å². The van der Waals surface area contributed by atoms with Crippen molar-refractivity contribution in [3.8, 4) is 0 Å². The number of H-pyrrole nitrogens is 1. The van der Waals surface area contributed by atoms with Crippen LogP contribution in [0, 0.1) is 0 Å². The first-order chi connectivity index (χ1) is 7.34. The standard InChI is InChI=1S/C11H12N2.CH3I/c1-13-6-9-8-4-2-3-5-10(8)12-11(9)7-13;1-2/h2-5,12H,6-7H2,1H3;1H3. The largest absolute Gasteiger partial charge is 0.357 e. The molecule has 1 aromatic heterocycles. The summed E-state index contributed by atoms with van der Waals surface area (Å²) in [6, 6.07) is 8.53. The molecule has 0 saturated carbocycles. The summed E-state index contributed by atoms with van der Waals surface area (Å²) in [5.74, 6) is 0. The lowest BCUT2D eigenvalue weighted by Gasteiger charge is -2.04. The van der Waals surface area contributed by atoms with Crippen LogP contribution < -0.4 is 0 Å². The number of halogens is 1. The Labute approximate surface area is 104 Å². The predicted octanol–water partition coefficient (Wildman–Crippen LogP) is 3.16. The third kappa shape index (κ3) is 1.90. The second-order valence-corrected chi connectivity index (χ2v) is 3.80. The first kappa shape index (κ1) is 11.0. The molecule has 0 unspecified atom stereocenters. The molecule has 15 heavy (non-hydrogen) atoms. The molecule has 2 aromatic rings. The van der Waals surface area contributed by atoms with Crippen LogP contribution in [0.4, 0.5) is 0 Å². The predicted molar refractivity (Wildman–Crippen MR) is 73.4 cm³/mol. The van der Waals surface area contributed by atoms with E-state index >= 15 is 0 Å². The zero-order valence-electron chi connectivity index (χ0n) is 9.05. The van der Waals surface area contributed by atoms with Gasteiger partial charge in [-0.2, -0.15) is 0 Å². The zero-order chi connectivity index (χ0) is 10.8. The van der Waals surface area contributed by atoms with E-state index in [2.05, 4.69) is 63.8 Å². The molecule has 0 amide bonds. The highest BCUT2D eigenvalue weighted by atomic mass is 127. The first-order valence-electron chi connectivity index (χ1n) is 4.99. The van der Waals surface area contributed by atoms with E-state index in [0.717, 1.165) is 13.1 Å². The SMILES string of the molecule is CI.CN1Cc2[nH]c3ccccc3c2C1. The summed E-state index contributed by atoms with van der Waals surface area (Å²) in [5.41, 5.74) is 4.16. The van der Waals surface area contributed by atoms with Gasteiger partial charge in [-0.05, 0) is 23.6 Å². The summed E-state index contributed by atoms with van der Waals surface area (Å²) in [6.45, 7) is 2.14. The number of hydrogen-bond donors (Lipinski definition) is 1. The molecular weight excluding hydrogens is 299 g/mol. The molecule has 0 saturated heterocycles. The zero-order valence-corrected chi connectivity index (χ0v) is 11.2. The number of benzene rings is 1. The number of nitrogens with one attached hydrogen (secondary N) is 1. The third-order valence-corrected chi connectivity index (χ3v) is 2.76. The molecule has 1 aliphatic rings. The molecule has 2 heterocycles. The average Bonchev–Trinajstić information content (AvgIpc) is 2.77. The van der Waals surface area contributed by atoms with Gasteiger partial charge in [0.15, 0.2) is 0 Å². The Morgan fingerprint density at radius 2 is 1.93 bits per heavy atom. The minimum atomic E-state index is 1.06. The van der Waals surface area contributed by atoms with Gasteiger partial charge in [-0.3, -0.25) is 4.90 Å². The molecule has 0 aliphatic carbocycles. The maximum absolute atomic E-state index is 3.46. The second kappa shape index (κ2) is 4.53. The van der Waals surface area contributed by atoms with Gasteiger partial charge in [0, 0.05) is 29.7 Å². The Bertz CT molecular complexity index is 462. The Morgan fingerprint density at radius 1 is 1.20 bits per heavy atom.